The van der Waals surface area contributed by atoms with Crippen LogP contribution in [0.1, 0.15) is 45.4 Å². The summed E-state index contributed by atoms with van der Waals surface area (Å²) in [6.07, 6.45) is 5.56. The lowest BCUT2D eigenvalue weighted by Gasteiger charge is -2.09. The average molecular weight is 187 g/mol. The van der Waals surface area contributed by atoms with Crippen molar-refractivity contribution in [1.29, 1.82) is 0 Å². The molecule has 1 aliphatic heterocycles. The Hall–Kier alpha value is -0.110. The van der Waals surface area contributed by atoms with Crippen molar-refractivity contribution >= 4 is 0 Å². The third-order valence-electron chi connectivity index (χ3n) is 2.89. The minimum absolute atomic E-state index is 0.542. The van der Waals surface area contributed by atoms with Crippen LogP contribution in [-0.4, -0.2) is 19.3 Å². The molecule has 0 aliphatic carbocycles. The molecule has 0 radical (unpaired) electrons. The second-order valence-corrected chi connectivity index (χ2v) is 4.18. The Morgan fingerprint density at radius 1 is 1.46 bits per heavy atom. The fourth-order valence-electron chi connectivity index (χ4n) is 2.05. The van der Waals surface area contributed by atoms with Crippen LogP contribution in [-0.2, 0) is 0 Å². The van der Waals surface area contributed by atoms with Crippen molar-refractivity contribution in [1.82, 2.24) is 5.32 Å². The van der Waals surface area contributed by atoms with Gasteiger partial charge in [0.05, 0.1) is 0 Å². The van der Waals surface area contributed by atoms with E-state index in [0.29, 0.717) is 0 Å². The van der Waals surface area contributed by atoms with Crippen molar-refractivity contribution in [2.24, 2.45) is 5.92 Å². The van der Waals surface area contributed by atoms with E-state index in [1.54, 1.807) is 0 Å². The molecule has 1 aliphatic rings. The number of halogens is 1. The topological polar surface area (TPSA) is 12.0 Å². The summed E-state index contributed by atoms with van der Waals surface area (Å²) in [7, 11) is 0. The SMILES string of the molecule is CCCC(F)CCC[C@@H]1CCNC1. The first-order valence-corrected chi connectivity index (χ1v) is 5.67. The first-order chi connectivity index (χ1) is 6.33. The summed E-state index contributed by atoms with van der Waals surface area (Å²) in [4.78, 5) is 0. The van der Waals surface area contributed by atoms with Crippen LogP contribution in [0.2, 0.25) is 0 Å². The molecule has 0 aromatic rings. The molecule has 1 fully saturated rings. The minimum atomic E-state index is -0.542. The van der Waals surface area contributed by atoms with Crippen molar-refractivity contribution < 1.29 is 4.39 Å². The second-order valence-electron chi connectivity index (χ2n) is 4.18. The lowest BCUT2D eigenvalue weighted by molar-refractivity contribution is 0.280. The quantitative estimate of drug-likeness (QED) is 0.674. The van der Waals surface area contributed by atoms with Crippen LogP contribution >= 0.6 is 0 Å². The van der Waals surface area contributed by atoms with Crippen LogP contribution < -0.4 is 5.32 Å². The Labute approximate surface area is 81.1 Å². The molecule has 13 heavy (non-hydrogen) atoms. The van der Waals surface area contributed by atoms with Gasteiger partial charge in [0.15, 0.2) is 0 Å². The maximum atomic E-state index is 13.1. The van der Waals surface area contributed by atoms with E-state index in [9.17, 15) is 4.39 Å². The molecule has 1 unspecified atom stereocenters. The Morgan fingerprint density at radius 3 is 2.92 bits per heavy atom. The fraction of sp³-hybridized carbons (Fsp3) is 1.00. The maximum absolute atomic E-state index is 13.1. The molecule has 1 nitrogen and oxygen atoms in total. The molecule has 1 saturated heterocycles. The molecular weight excluding hydrogens is 165 g/mol. The van der Waals surface area contributed by atoms with Gasteiger partial charge in [-0.25, -0.2) is 4.39 Å². The van der Waals surface area contributed by atoms with Crippen molar-refractivity contribution in [3.05, 3.63) is 0 Å². The van der Waals surface area contributed by atoms with Crippen LogP contribution in [0.15, 0.2) is 0 Å². The lowest BCUT2D eigenvalue weighted by Crippen LogP contribution is -2.09. The van der Waals surface area contributed by atoms with Crippen LogP contribution in [0.4, 0.5) is 4.39 Å². The number of rotatable bonds is 6. The van der Waals surface area contributed by atoms with Crippen molar-refractivity contribution in [2.75, 3.05) is 13.1 Å². The van der Waals surface area contributed by atoms with E-state index >= 15 is 0 Å². The van der Waals surface area contributed by atoms with E-state index in [-0.39, 0.29) is 0 Å². The highest BCUT2D eigenvalue weighted by atomic mass is 19.1. The summed E-state index contributed by atoms with van der Waals surface area (Å²) in [6.45, 7) is 4.37. The lowest BCUT2D eigenvalue weighted by atomic mass is 9.99. The third kappa shape index (κ3) is 4.61. The van der Waals surface area contributed by atoms with Gasteiger partial charge in [-0.15, -0.1) is 0 Å². The highest BCUT2D eigenvalue weighted by molar-refractivity contribution is 4.71. The summed E-state index contributed by atoms with van der Waals surface area (Å²) in [6, 6.07) is 0. The zero-order chi connectivity index (χ0) is 9.52. The Bertz CT molecular complexity index is 121. The molecular formula is C11H22FN. The smallest absolute Gasteiger partial charge is 0.100 e. The summed E-state index contributed by atoms with van der Waals surface area (Å²) < 4.78 is 13.1. The molecule has 0 spiro atoms. The summed E-state index contributed by atoms with van der Waals surface area (Å²) in [5.74, 6) is 0.828. The van der Waals surface area contributed by atoms with Crippen molar-refractivity contribution in [2.45, 2.75) is 51.6 Å². The molecule has 1 N–H and O–H groups in total. The summed E-state index contributed by atoms with van der Waals surface area (Å²) >= 11 is 0. The molecule has 78 valence electrons. The van der Waals surface area contributed by atoms with Gasteiger partial charge in [-0.3, -0.25) is 0 Å². The maximum Gasteiger partial charge on any atom is 0.100 e. The van der Waals surface area contributed by atoms with E-state index < -0.39 is 6.17 Å². The Kier molecular flexibility index (Phi) is 5.37. The molecule has 2 atom stereocenters. The number of nitrogens with one attached hydrogen (secondary N) is 1. The van der Waals surface area contributed by atoms with Crippen LogP contribution in [0, 0.1) is 5.92 Å². The van der Waals surface area contributed by atoms with E-state index in [2.05, 4.69) is 5.32 Å². The number of hydrogen-bond donors (Lipinski definition) is 1. The normalized spacial score (nSPS) is 24.9. The third-order valence-corrected chi connectivity index (χ3v) is 2.89. The molecule has 0 aromatic carbocycles. The standard InChI is InChI=1S/C11H22FN/c1-2-4-11(12)6-3-5-10-7-8-13-9-10/h10-11,13H,2-9H2,1H3/t10-,11?/m1/s1. The van der Waals surface area contributed by atoms with Gasteiger partial charge in [0.1, 0.15) is 6.17 Å². The molecule has 1 heterocycles. The summed E-state index contributed by atoms with van der Waals surface area (Å²) in [5.41, 5.74) is 0. The van der Waals surface area contributed by atoms with Crippen LogP contribution in [0.5, 0.6) is 0 Å². The van der Waals surface area contributed by atoms with Gasteiger partial charge in [-0.1, -0.05) is 19.8 Å². The average Bonchev–Trinajstić information content (AvgIpc) is 2.57. The van der Waals surface area contributed by atoms with Gasteiger partial charge in [-0.05, 0) is 44.7 Å². The molecule has 1 rings (SSSR count). The molecule has 0 amide bonds. The zero-order valence-electron chi connectivity index (χ0n) is 8.69. The van der Waals surface area contributed by atoms with Gasteiger partial charge >= 0.3 is 0 Å². The molecule has 2 heteroatoms. The highest BCUT2D eigenvalue weighted by Crippen LogP contribution is 2.18. The minimum Gasteiger partial charge on any atom is -0.316 e. The number of alkyl halides is 1. The highest BCUT2D eigenvalue weighted by Gasteiger charge is 2.14. The Morgan fingerprint density at radius 2 is 2.31 bits per heavy atom. The fourth-order valence-corrected chi connectivity index (χ4v) is 2.05. The molecule has 0 bridgehead atoms. The predicted molar refractivity (Wildman–Crippen MR) is 54.6 cm³/mol. The Balaban J connectivity index is 1.93. The zero-order valence-corrected chi connectivity index (χ0v) is 8.69. The van der Waals surface area contributed by atoms with Gasteiger partial charge in [0.2, 0.25) is 0 Å². The van der Waals surface area contributed by atoms with E-state index in [4.69, 9.17) is 0 Å². The second kappa shape index (κ2) is 6.36. The van der Waals surface area contributed by atoms with Gasteiger partial charge in [0.25, 0.3) is 0 Å². The van der Waals surface area contributed by atoms with Crippen LogP contribution in [0.25, 0.3) is 0 Å². The van der Waals surface area contributed by atoms with Crippen molar-refractivity contribution in [3.63, 3.8) is 0 Å². The first-order valence-electron chi connectivity index (χ1n) is 5.67. The molecule has 0 aromatic heterocycles. The largest absolute Gasteiger partial charge is 0.316 e. The van der Waals surface area contributed by atoms with Gasteiger partial charge < -0.3 is 5.32 Å². The van der Waals surface area contributed by atoms with E-state index in [0.717, 1.165) is 38.1 Å². The van der Waals surface area contributed by atoms with Crippen LogP contribution in [0.3, 0.4) is 0 Å². The van der Waals surface area contributed by atoms with E-state index in [1.165, 1.54) is 19.4 Å². The number of hydrogen-bond acceptors (Lipinski definition) is 1. The van der Waals surface area contributed by atoms with E-state index in [1.807, 2.05) is 6.92 Å². The van der Waals surface area contributed by atoms with Gasteiger partial charge in [0, 0.05) is 0 Å². The van der Waals surface area contributed by atoms with Crippen molar-refractivity contribution in [3.8, 4) is 0 Å². The predicted octanol–water partition coefficient (Wildman–Crippen LogP) is 2.90. The molecule has 0 saturated carbocycles. The summed E-state index contributed by atoms with van der Waals surface area (Å²) in [5, 5.41) is 3.34. The monoisotopic (exact) mass is 187 g/mol. The first kappa shape index (κ1) is 11.0. The van der Waals surface area contributed by atoms with Gasteiger partial charge in [-0.2, -0.15) is 0 Å².